The van der Waals surface area contributed by atoms with Gasteiger partial charge in [0.15, 0.2) is 0 Å². The van der Waals surface area contributed by atoms with Crippen molar-refractivity contribution in [3.63, 3.8) is 0 Å². The summed E-state index contributed by atoms with van der Waals surface area (Å²) < 4.78 is 35.8. The molecule has 0 unspecified atom stereocenters. The zero-order valence-corrected chi connectivity index (χ0v) is 12.3. The van der Waals surface area contributed by atoms with E-state index < -0.39 is 10.4 Å². The minimum atomic E-state index is -4.47. The predicted octanol–water partition coefficient (Wildman–Crippen LogP) is 3.76. The third-order valence-corrected chi connectivity index (χ3v) is 1.65. The molecule has 0 heterocycles. The molecule has 0 aliphatic heterocycles. The quantitative estimate of drug-likeness (QED) is 0.371. The highest BCUT2D eigenvalue weighted by atomic mass is 32.3. The van der Waals surface area contributed by atoms with Gasteiger partial charge in [0, 0.05) is 13.7 Å². The molecule has 0 bridgehead atoms. The van der Waals surface area contributed by atoms with Gasteiger partial charge in [0.05, 0.1) is 6.61 Å². The van der Waals surface area contributed by atoms with Gasteiger partial charge in [-0.2, -0.15) is 8.42 Å². The van der Waals surface area contributed by atoms with E-state index in [4.69, 9.17) is 4.55 Å². The van der Waals surface area contributed by atoms with Crippen LogP contribution in [0.2, 0.25) is 0 Å². The molecule has 0 saturated heterocycles. The minimum Gasteiger partial charge on any atom is -0.385 e. The van der Waals surface area contributed by atoms with E-state index in [-0.39, 0.29) is 21.5 Å². The molecule has 7 heteroatoms. The van der Waals surface area contributed by atoms with Crippen LogP contribution in [0.15, 0.2) is 36.4 Å². The molecular formula is C14H30O6S. The molecular weight excluding hydrogens is 296 g/mol. The Bertz CT molecular complexity index is 326. The third kappa shape index (κ3) is 32.5. The first kappa shape index (κ1) is 28.2. The van der Waals surface area contributed by atoms with Crippen LogP contribution in [0.3, 0.4) is 0 Å². The standard InChI is InChI=1S/C6H6.C4H10O6S.C2H6.2CH4/c1-2-4-6-5-3-1;1-8-3-2-4-9-10-11(5,6)7;1-2;;/h1-6H;2-4H2,1H3,(H,5,6,7);1-2H3;2*1H4. The molecule has 0 aromatic heterocycles. The fraction of sp³-hybridized carbons (Fsp3) is 0.571. The van der Waals surface area contributed by atoms with Crippen LogP contribution in [-0.2, 0) is 24.4 Å². The van der Waals surface area contributed by atoms with Crippen molar-refractivity contribution in [3.8, 4) is 0 Å². The zero-order chi connectivity index (χ0) is 15.0. The van der Waals surface area contributed by atoms with E-state index in [0.29, 0.717) is 13.0 Å². The van der Waals surface area contributed by atoms with Crippen LogP contribution in [0.5, 0.6) is 0 Å². The summed E-state index contributed by atoms with van der Waals surface area (Å²) in [4.78, 5) is 4.08. The number of methoxy groups -OCH3 is 1. The van der Waals surface area contributed by atoms with Crippen LogP contribution in [0.4, 0.5) is 0 Å². The molecule has 0 aliphatic carbocycles. The molecule has 1 rings (SSSR count). The van der Waals surface area contributed by atoms with Crippen molar-refractivity contribution in [2.75, 3.05) is 20.3 Å². The Morgan fingerprint density at radius 1 is 0.905 bits per heavy atom. The largest absolute Gasteiger partial charge is 0.424 e. The number of hydrogen-bond acceptors (Lipinski definition) is 5. The summed E-state index contributed by atoms with van der Waals surface area (Å²) in [6.07, 6.45) is 0.492. The lowest BCUT2D eigenvalue weighted by atomic mass is 10.4. The Hall–Kier alpha value is -0.990. The lowest BCUT2D eigenvalue weighted by Gasteiger charge is -1.98. The smallest absolute Gasteiger partial charge is 0.385 e. The van der Waals surface area contributed by atoms with Gasteiger partial charge in [-0.1, -0.05) is 69.4 Å². The molecule has 0 atom stereocenters. The monoisotopic (exact) mass is 326 g/mol. The van der Waals surface area contributed by atoms with Crippen LogP contribution >= 0.6 is 0 Å². The van der Waals surface area contributed by atoms with Gasteiger partial charge < -0.3 is 4.74 Å². The van der Waals surface area contributed by atoms with Crippen molar-refractivity contribution in [2.24, 2.45) is 0 Å². The van der Waals surface area contributed by atoms with Gasteiger partial charge in [0.25, 0.3) is 0 Å². The van der Waals surface area contributed by atoms with E-state index in [1.165, 1.54) is 7.11 Å². The second-order valence-corrected chi connectivity index (χ2v) is 3.81. The van der Waals surface area contributed by atoms with E-state index >= 15 is 0 Å². The van der Waals surface area contributed by atoms with Crippen LogP contribution in [-0.4, -0.2) is 33.3 Å². The zero-order valence-electron chi connectivity index (χ0n) is 11.5. The van der Waals surface area contributed by atoms with Gasteiger partial charge >= 0.3 is 10.4 Å². The highest BCUT2D eigenvalue weighted by molar-refractivity contribution is 7.80. The summed E-state index contributed by atoms with van der Waals surface area (Å²) in [6, 6.07) is 12.0. The molecule has 0 fully saturated rings. The first-order valence-electron chi connectivity index (χ1n) is 5.83. The Kier molecular flexibility index (Phi) is 28.6. The van der Waals surface area contributed by atoms with Gasteiger partial charge in [0.1, 0.15) is 0 Å². The van der Waals surface area contributed by atoms with Crippen molar-refractivity contribution in [2.45, 2.75) is 35.1 Å². The van der Waals surface area contributed by atoms with Crippen molar-refractivity contribution >= 4 is 10.4 Å². The molecule has 0 spiro atoms. The second-order valence-electron chi connectivity index (χ2n) is 2.82. The van der Waals surface area contributed by atoms with Crippen molar-refractivity contribution in [1.82, 2.24) is 0 Å². The van der Waals surface area contributed by atoms with Crippen LogP contribution in [0.25, 0.3) is 0 Å². The summed E-state index contributed by atoms with van der Waals surface area (Å²) in [5.41, 5.74) is 0. The molecule has 0 aliphatic rings. The number of rotatable bonds is 6. The normalized spacial score (nSPS) is 8.76. The van der Waals surface area contributed by atoms with E-state index in [0.717, 1.165) is 0 Å². The Morgan fingerprint density at radius 2 is 1.29 bits per heavy atom. The maximum atomic E-state index is 9.84. The average molecular weight is 326 g/mol. The van der Waals surface area contributed by atoms with Crippen molar-refractivity contribution < 1.29 is 26.9 Å². The summed E-state index contributed by atoms with van der Waals surface area (Å²) in [7, 11) is -2.97. The summed E-state index contributed by atoms with van der Waals surface area (Å²) >= 11 is 0. The maximum absolute atomic E-state index is 9.84. The summed E-state index contributed by atoms with van der Waals surface area (Å²) in [5, 5.41) is 0. The van der Waals surface area contributed by atoms with Gasteiger partial charge in [-0.3, -0.25) is 4.55 Å². The van der Waals surface area contributed by atoms with Crippen LogP contribution < -0.4 is 0 Å². The Labute approximate surface area is 129 Å². The molecule has 6 nitrogen and oxygen atoms in total. The lowest BCUT2D eigenvalue weighted by molar-refractivity contribution is -0.209. The molecule has 21 heavy (non-hydrogen) atoms. The number of benzene rings is 1. The van der Waals surface area contributed by atoms with Crippen molar-refractivity contribution in [1.29, 1.82) is 0 Å². The molecule has 0 amide bonds. The third-order valence-electron chi connectivity index (χ3n) is 1.38. The molecule has 128 valence electrons. The number of ether oxygens (including phenoxy) is 1. The number of hydrogen-bond donors (Lipinski definition) is 1. The van der Waals surface area contributed by atoms with Gasteiger partial charge in [-0.25, -0.2) is 4.89 Å². The lowest BCUT2D eigenvalue weighted by Crippen LogP contribution is -2.06. The fourth-order valence-corrected chi connectivity index (χ4v) is 0.932. The van der Waals surface area contributed by atoms with Crippen molar-refractivity contribution in [3.05, 3.63) is 36.4 Å². The summed E-state index contributed by atoms with van der Waals surface area (Å²) in [6.45, 7) is 4.49. The summed E-state index contributed by atoms with van der Waals surface area (Å²) in [5.74, 6) is 0. The predicted molar refractivity (Wildman–Crippen MR) is 86.3 cm³/mol. The molecule has 1 N–H and O–H groups in total. The minimum absolute atomic E-state index is 0. The second kappa shape index (κ2) is 21.3. The van der Waals surface area contributed by atoms with E-state index in [2.05, 4.69) is 14.0 Å². The Balaban J connectivity index is -0.000000123. The van der Waals surface area contributed by atoms with Crippen LogP contribution in [0.1, 0.15) is 35.1 Å². The van der Waals surface area contributed by atoms with E-state index in [1.54, 1.807) is 0 Å². The molecule has 1 aromatic rings. The molecule has 0 radical (unpaired) electrons. The fourth-order valence-electron chi connectivity index (χ4n) is 0.742. The van der Waals surface area contributed by atoms with Gasteiger partial charge in [0.2, 0.25) is 0 Å². The average Bonchev–Trinajstić information content (AvgIpc) is 2.42. The topological polar surface area (TPSA) is 82.1 Å². The van der Waals surface area contributed by atoms with E-state index in [9.17, 15) is 8.42 Å². The molecule has 0 saturated carbocycles. The van der Waals surface area contributed by atoms with Crippen LogP contribution in [0, 0.1) is 0 Å². The van der Waals surface area contributed by atoms with Gasteiger partial charge in [-0.05, 0) is 6.42 Å². The first-order valence-corrected chi connectivity index (χ1v) is 7.20. The van der Waals surface area contributed by atoms with Gasteiger partial charge in [-0.15, -0.1) is 0 Å². The SMILES string of the molecule is C.C.CC.COCCCOOS(=O)(=O)O.c1ccccc1. The van der Waals surface area contributed by atoms with E-state index in [1.807, 2.05) is 50.2 Å². The maximum Gasteiger partial charge on any atom is 0.424 e. The molecule has 1 aromatic carbocycles. The highest BCUT2D eigenvalue weighted by Crippen LogP contribution is 1.89. The highest BCUT2D eigenvalue weighted by Gasteiger charge is 2.03. The Morgan fingerprint density at radius 3 is 1.57 bits per heavy atom. The first-order chi connectivity index (χ1) is 9.06.